The molecular weight excluding hydrogens is 238 g/mol. The molecule has 2 saturated heterocycles. The Labute approximate surface area is 106 Å². The molecule has 0 spiro atoms. The largest absolute Gasteiger partial charge is 0.391 e. The summed E-state index contributed by atoms with van der Waals surface area (Å²) in [6.45, 7) is 1.11. The van der Waals surface area contributed by atoms with E-state index in [9.17, 15) is 20.1 Å². The highest BCUT2D eigenvalue weighted by molar-refractivity contribution is 5.74. The number of piperidine rings is 1. The van der Waals surface area contributed by atoms with Crippen LogP contribution in [-0.4, -0.2) is 88.7 Å². The number of rotatable bonds is 1. The predicted molar refractivity (Wildman–Crippen MR) is 64.0 cm³/mol. The van der Waals surface area contributed by atoms with E-state index in [0.717, 1.165) is 0 Å². The summed E-state index contributed by atoms with van der Waals surface area (Å²) in [4.78, 5) is 14.9. The highest BCUT2D eigenvalue weighted by Gasteiger charge is 2.48. The van der Waals surface area contributed by atoms with Crippen molar-refractivity contribution in [1.82, 2.24) is 15.1 Å². The number of fused-ring (bicyclic) bond motifs is 1. The number of nitrogens with zero attached hydrogens (tertiary/aromatic N) is 2. The zero-order chi connectivity index (χ0) is 13.4. The SMILES string of the molecule is CN(C)C(=O)NC1CN2CCC(O)C2C(O)C1O. The molecule has 5 unspecified atom stereocenters. The lowest BCUT2D eigenvalue weighted by Crippen LogP contribution is -2.66. The van der Waals surface area contributed by atoms with Gasteiger partial charge in [0.1, 0.15) is 6.10 Å². The van der Waals surface area contributed by atoms with Crippen molar-refractivity contribution in [2.75, 3.05) is 27.2 Å². The van der Waals surface area contributed by atoms with Crippen molar-refractivity contribution in [3.05, 3.63) is 0 Å². The molecule has 0 saturated carbocycles. The standard InChI is InChI=1S/C11H21N3O4/c1-13(2)11(18)12-6-5-14-4-3-7(15)8(14)10(17)9(6)16/h6-10,15-17H,3-5H2,1-2H3,(H,12,18). The number of hydrogen-bond acceptors (Lipinski definition) is 5. The van der Waals surface area contributed by atoms with Crippen LogP contribution in [0.3, 0.4) is 0 Å². The molecule has 0 radical (unpaired) electrons. The van der Waals surface area contributed by atoms with E-state index in [2.05, 4.69) is 5.32 Å². The number of aliphatic hydroxyl groups excluding tert-OH is 3. The monoisotopic (exact) mass is 259 g/mol. The van der Waals surface area contributed by atoms with Crippen LogP contribution in [0.2, 0.25) is 0 Å². The lowest BCUT2D eigenvalue weighted by molar-refractivity contribution is -0.0995. The molecule has 7 heteroatoms. The average Bonchev–Trinajstić information content (AvgIpc) is 2.67. The van der Waals surface area contributed by atoms with Gasteiger partial charge in [-0.25, -0.2) is 4.79 Å². The molecule has 2 aliphatic rings. The maximum absolute atomic E-state index is 11.6. The molecule has 0 bridgehead atoms. The van der Waals surface area contributed by atoms with Gasteiger partial charge < -0.3 is 25.5 Å². The van der Waals surface area contributed by atoms with E-state index in [1.165, 1.54) is 4.90 Å². The fourth-order valence-corrected chi connectivity index (χ4v) is 2.74. The third-order valence-electron chi connectivity index (χ3n) is 3.79. The molecule has 18 heavy (non-hydrogen) atoms. The summed E-state index contributed by atoms with van der Waals surface area (Å²) in [5.41, 5.74) is 0. The van der Waals surface area contributed by atoms with E-state index < -0.39 is 30.4 Å². The second kappa shape index (κ2) is 5.00. The molecule has 2 aliphatic heterocycles. The van der Waals surface area contributed by atoms with Crippen molar-refractivity contribution in [3.8, 4) is 0 Å². The van der Waals surface area contributed by atoms with Gasteiger partial charge in [-0.1, -0.05) is 0 Å². The minimum Gasteiger partial charge on any atom is -0.391 e. The summed E-state index contributed by atoms with van der Waals surface area (Å²) in [7, 11) is 3.23. The average molecular weight is 259 g/mol. The lowest BCUT2D eigenvalue weighted by Gasteiger charge is -2.43. The minimum atomic E-state index is -1.05. The van der Waals surface area contributed by atoms with Gasteiger partial charge in [-0.15, -0.1) is 0 Å². The molecular formula is C11H21N3O4. The first-order valence-corrected chi connectivity index (χ1v) is 6.18. The summed E-state index contributed by atoms with van der Waals surface area (Å²) in [5.74, 6) is 0. The van der Waals surface area contributed by atoms with Crippen LogP contribution in [0, 0.1) is 0 Å². The van der Waals surface area contributed by atoms with Crippen LogP contribution in [0.15, 0.2) is 0 Å². The Morgan fingerprint density at radius 2 is 1.94 bits per heavy atom. The Kier molecular flexibility index (Phi) is 3.76. The fourth-order valence-electron chi connectivity index (χ4n) is 2.74. The highest BCUT2D eigenvalue weighted by Crippen LogP contribution is 2.28. The molecule has 2 heterocycles. The van der Waals surface area contributed by atoms with Gasteiger partial charge in [0.05, 0.1) is 24.3 Å². The van der Waals surface area contributed by atoms with Crippen LogP contribution < -0.4 is 5.32 Å². The van der Waals surface area contributed by atoms with Gasteiger partial charge in [-0.05, 0) is 6.42 Å². The van der Waals surface area contributed by atoms with E-state index >= 15 is 0 Å². The number of amides is 2. The number of urea groups is 1. The fraction of sp³-hybridized carbons (Fsp3) is 0.909. The van der Waals surface area contributed by atoms with Gasteiger partial charge in [0.2, 0.25) is 0 Å². The van der Waals surface area contributed by atoms with Crippen molar-refractivity contribution in [3.63, 3.8) is 0 Å². The first-order chi connectivity index (χ1) is 8.41. The summed E-state index contributed by atoms with van der Waals surface area (Å²) in [5, 5.41) is 32.5. The van der Waals surface area contributed by atoms with Gasteiger partial charge in [0.25, 0.3) is 0 Å². The molecule has 2 fully saturated rings. The summed E-state index contributed by atoms with van der Waals surface area (Å²) < 4.78 is 0. The van der Waals surface area contributed by atoms with Crippen LogP contribution in [-0.2, 0) is 0 Å². The molecule has 0 aliphatic carbocycles. The number of nitrogens with one attached hydrogen (secondary N) is 1. The third-order valence-corrected chi connectivity index (χ3v) is 3.79. The lowest BCUT2D eigenvalue weighted by atomic mass is 9.91. The zero-order valence-corrected chi connectivity index (χ0v) is 10.7. The van der Waals surface area contributed by atoms with E-state index in [0.29, 0.717) is 19.5 Å². The number of carbonyl (C=O) groups excluding carboxylic acids is 1. The maximum atomic E-state index is 11.6. The van der Waals surface area contributed by atoms with E-state index in [-0.39, 0.29) is 6.03 Å². The predicted octanol–water partition coefficient (Wildman–Crippen LogP) is -2.20. The van der Waals surface area contributed by atoms with Crippen LogP contribution >= 0.6 is 0 Å². The van der Waals surface area contributed by atoms with Crippen molar-refractivity contribution in [1.29, 1.82) is 0 Å². The van der Waals surface area contributed by atoms with Crippen LogP contribution in [0.4, 0.5) is 4.79 Å². The van der Waals surface area contributed by atoms with E-state index in [1.807, 2.05) is 4.90 Å². The molecule has 4 N–H and O–H groups in total. The molecule has 2 amide bonds. The van der Waals surface area contributed by atoms with E-state index in [1.54, 1.807) is 14.1 Å². The Balaban J connectivity index is 2.04. The second-order valence-corrected chi connectivity index (χ2v) is 5.27. The van der Waals surface area contributed by atoms with Gasteiger partial charge in [-0.3, -0.25) is 4.90 Å². The normalized spacial score (nSPS) is 40.4. The highest BCUT2D eigenvalue weighted by atomic mass is 16.3. The quantitative estimate of drug-likeness (QED) is 0.428. The van der Waals surface area contributed by atoms with Gasteiger partial charge in [0, 0.05) is 27.2 Å². The zero-order valence-electron chi connectivity index (χ0n) is 10.7. The van der Waals surface area contributed by atoms with Crippen LogP contribution in [0.1, 0.15) is 6.42 Å². The summed E-state index contributed by atoms with van der Waals surface area (Å²) in [6, 6.07) is -1.24. The number of hydrogen-bond donors (Lipinski definition) is 4. The topological polar surface area (TPSA) is 96.3 Å². The second-order valence-electron chi connectivity index (χ2n) is 5.27. The molecule has 5 atom stereocenters. The van der Waals surface area contributed by atoms with Crippen molar-refractivity contribution in [2.24, 2.45) is 0 Å². The Hall–Kier alpha value is -0.890. The molecule has 0 aromatic heterocycles. The van der Waals surface area contributed by atoms with Crippen molar-refractivity contribution in [2.45, 2.75) is 36.8 Å². The van der Waals surface area contributed by atoms with Crippen LogP contribution in [0.5, 0.6) is 0 Å². The summed E-state index contributed by atoms with van der Waals surface area (Å²) >= 11 is 0. The first-order valence-electron chi connectivity index (χ1n) is 6.18. The molecule has 2 rings (SSSR count). The maximum Gasteiger partial charge on any atom is 0.317 e. The molecule has 7 nitrogen and oxygen atoms in total. The molecule has 104 valence electrons. The van der Waals surface area contributed by atoms with E-state index in [4.69, 9.17) is 0 Å². The smallest absolute Gasteiger partial charge is 0.317 e. The van der Waals surface area contributed by atoms with Crippen molar-refractivity contribution >= 4 is 6.03 Å². The van der Waals surface area contributed by atoms with Gasteiger partial charge in [-0.2, -0.15) is 0 Å². The van der Waals surface area contributed by atoms with Crippen LogP contribution in [0.25, 0.3) is 0 Å². The van der Waals surface area contributed by atoms with Gasteiger partial charge in [0.15, 0.2) is 0 Å². The minimum absolute atomic E-state index is 0.301. The Morgan fingerprint density at radius 1 is 1.28 bits per heavy atom. The third kappa shape index (κ3) is 2.31. The Bertz CT molecular complexity index is 325. The molecule has 0 aromatic carbocycles. The molecule has 0 aromatic rings. The first kappa shape index (κ1) is 13.5. The number of aliphatic hydroxyl groups is 3. The summed E-state index contributed by atoms with van der Waals surface area (Å²) in [6.07, 6.45) is -2.12. The van der Waals surface area contributed by atoms with Crippen molar-refractivity contribution < 1.29 is 20.1 Å². The number of carbonyl (C=O) groups is 1. The Morgan fingerprint density at radius 3 is 2.56 bits per heavy atom. The van der Waals surface area contributed by atoms with Gasteiger partial charge >= 0.3 is 6.03 Å².